The number of hydrogen-bond donors (Lipinski definition) is 0. The Morgan fingerprint density at radius 2 is 1.31 bits per heavy atom. The summed E-state index contributed by atoms with van der Waals surface area (Å²) in [5.74, 6) is 1.87. The third-order valence-electron chi connectivity index (χ3n) is 6.93. The van der Waals surface area contributed by atoms with Gasteiger partial charge in [-0.1, -0.05) is 102 Å². The summed E-state index contributed by atoms with van der Waals surface area (Å²) in [4.78, 5) is 15.3. The molecule has 5 nitrogen and oxygen atoms in total. The van der Waals surface area contributed by atoms with Crippen LogP contribution in [0, 0.1) is 0 Å². The summed E-state index contributed by atoms with van der Waals surface area (Å²) in [6, 6.07) is 39.6. The molecular weight excluding hydrogens is 500 g/mol. The van der Waals surface area contributed by atoms with Crippen molar-refractivity contribution in [2.75, 3.05) is 38.2 Å². The Balaban J connectivity index is 1.36. The summed E-state index contributed by atoms with van der Waals surface area (Å²) < 4.78 is 5.34. The van der Waals surface area contributed by atoms with Crippen LogP contribution in [0.2, 0.25) is 0 Å². The molecule has 0 spiro atoms. The van der Waals surface area contributed by atoms with Crippen LogP contribution in [0.3, 0.4) is 0 Å². The van der Waals surface area contributed by atoms with Gasteiger partial charge in [0.05, 0.1) is 7.11 Å². The summed E-state index contributed by atoms with van der Waals surface area (Å²) in [7, 11) is 1.70. The third kappa shape index (κ3) is 5.56. The first-order valence-electron chi connectivity index (χ1n) is 13.2. The second-order valence-electron chi connectivity index (χ2n) is 9.38. The molecule has 39 heavy (non-hydrogen) atoms. The Labute approximate surface area is 233 Å². The Morgan fingerprint density at radius 1 is 0.718 bits per heavy atom. The van der Waals surface area contributed by atoms with Gasteiger partial charge in [0.25, 0.3) is 0 Å². The zero-order valence-corrected chi connectivity index (χ0v) is 22.7. The topological polar surface area (TPSA) is 41.0 Å². The van der Waals surface area contributed by atoms with E-state index in [-0.39, 0.29) is 0 Å². The van der Waals surface area contributed by atoms with Crippen LogP contribution >= 0.6 is 11.3 Å². The minimum Gasteiger partial charge on any atom is -0.497 e. The fraction of sp³-hybridized carbons (Fsp3) is 0.152. The fourth-order valence-electron chi connectivity index (χ4n) is 4.85. The zero-order valence-electron chi connectivity index (χ0n) is 21.9. The Hall–Kier alpha value is -4.42. The van der Waals surface area contributed by atoms with E-state index in [1.807, 2.05) is 24.3 Å². The number of thiazole rings is 1. The normalized spacial score (nSPS) is 13.9. The van der Waals surface area contributed by atoms with Crippen molar-refractivity contribution >= 4 is 27.9 Å². The van der Waals surface area contributed by atoms with E-state index in [1.165, 1.54) is 5.69 Å². The van der Waals surface area contributed by atoms with Crippen molar-refractivity contribution < 1.29 is 4.74 Å². The smallest absolute Gasteiger partial charge is 0.146 e. The first-order valence-corrected chi connectivity index (χ1v) is 14.0. The second kappa shape index (κ2) is 11.5. The number of benzene rings is 4. The molecule has 0 bridgehead atoms. The molecule has 194 valence electrons. The van der Waals surface area contributed by atoms with Crippen LogP contribution in [-0.2, 0) is 0 Å². The molecule has 1 aromatic heterocycles. The molecule has 2 heterocycles. The Kier molecular flexibility index (Phi) is 7.36. The van der Waals surface area contributed by atoms with Crippen LogP contribution in [0.15, 0.2) is 120 Å². The quantitative estimate of drug-likeness (QED) is 0.170. The molecule has 0 amide bonds. The van der Waals surface area contributed by atoms with Gasteiger partial charge in [0.2, 0.25) is 0 Å². The lowest BCUT2D eigenvalue weighted by atomic mass is 10.1. The number of aliphatic imine (C=N–C) groups is 1. The molecule has 0 radical (unpaired) electrons. The van der Waals surface area contributed by atoms with E-state index >= 15 is 0 Å². The van der Waals surface area contributed by atoms with Crippen molar-refractivity contribution in [3.63, 3.8) is 0 Å². The zero-order chi connectivity index (χ0) is 26.4. The molecule has 0 atom stereocenters. The maximum atomic E-state index is 5.36. The van der Waals surface area contributed by atoms with Gasteiger partial charge in [-0.05, 0) is 24.3 Å². The summed E-state index contributed by atoms with van der Waals surface area (Å²) in [6.45, 7) is 3.60. The van der Waals surface area contributed by atoms with Gasteiger partial charge in [-0.25, -0.2) is 9.98 Å². The first-order chi connectivity index (χ1) is 19.3. The van der Waals surface area contributed by atoms with E-state index in [0.29, 0.717) is 0 Å². The predicted octanol–water partition coefficient (Wildman–Crippen LogP) is 7.39. The molecule has 0 aliphatic carbocycles. The van der Waals surface area contributed by atoms with Crippen molar-refractivity contribution in [1.29, 1.82) is 0 Å². The van der Waals surface area contributed by atoms with Gasteiger partial charge < -0.3 is 14.5 Å². The van der Waals surface area contributed by atoms with Crippen LogP contribution in [0.4, 0.5) is 10.7 Å². The van der Waals surface area contributed by atoms with Crippen LogP contribution in [0.5, 0.6) is 5.75 Å². The van der Waals surface area contributed by atoms with E-state index in [0.717, 1.165) is 70.2 Å². The molecule has 0 unspecified atom stereocenters. The standard InChI is InChI=1S/C33H30N4OS/c1-38-29-19-17-28(18-20-29)36-21-23-37(24-22-36)31(26-13-7-3-8-14-26)35-33-30(25-11-5-2-6-12-25)34-32(39-33)27-15-9-4-10-16-27/h2-20H,21-24H2,1H3/b35-31-. The molecule has 0 saturated carbocycles. The molecule has 1 aliphatic rings. The van der Waals surface area contributed by atoms with E-state index in [9.17, 15) is 0 Å². The van der Waals surface area contributed by atoms with Gasteiger partial charge >= 0.3 is 0 Å². The minimum atomic E-state index is 0.879. The number of amidine groups is 1. The molecule has 5 aromatic rings. The predicted molar refractivity (Wildman–Crippen MR) is 162 cm³/mol. The van der Waals surface area contributed by atoms with Crippen LogP contribution in [0.25, 0.3) is 21.8 Å². The molecule has 4 aromatic carbocycles. The number of rotatable bonds is 6. The van der Waals surface area contributed by atoms with Gasteiger partial charge in [-0.2, -0.15) is 0 Å². The molecule has 6 rings (SSSR count). The van der Waals surface area contributed by atoms with E-state index in [4.69, 9.17) is 14.7 Å². The number of anilines is 1. The number of hydrogen-bond acceptors (Lipinski definition) is 5. The summed E-state index contributed by atoms with van der Waals surface area (Å²) in [6.07, 6.45) is 0. The highest BCUT2D eigenvalue weighted by Gasteiger charge is 2.23. The maximum Gasteiger partial charge on any atom is 0.146 e. The number of methoxy groups -OCH3 is 1. The van der Waals surface area contributed by atoms with E-state index < -0.39 is 0 Å². The van der Waals surface area contributed by atoms with Gasteiger partial charge in [-0.15, -0.1) is 0 Å². The minimum absolute atomic E-state index is 0.879. The van der Waals surface area contributed by atoms with Crippen LogP contribution in [-0.4, -0.2) is 49.0 Å². The molecule has 1 fully saturated rings. The monoisotopic (exact) mass is 530 g/mol. The molecule has 1 aliphatic heterocycles. The highest BCUT2D eigenvalue weighted by Crippen LogP contribution is 2.40. The lowest BCUT2D eigenvalue weighted by molar-refractivity contribution is 0.386. The van der Waals surface area contributed by atoms with E-state index in [1.54, 1.807) is 18.4 Å². The van der Waals surface area contributed by atoms with Crippen molar-refractivity contribution in [1.82, 2.24) is 9.88 Å². The number of piperazine rings is 1. The van der Waals surface area contributed by atoms with Crippen LogP contribution < -0.4 is 9.64 Å². The molecule has 1 saturated heterocycles. The van der Waals surface area contributed by atoms with Gasteiger partial charge in [0.1, 0.15) is 27.3 Å². The van der Waals surface area contributed by atoms with Crippen molar-refractivity contribution in [2.24, 2.45) is 4.99 Å². The average molecular weight is 531 g/mol. The van der Waals surface area contributed by atoms with Gasteiger partial charge in [0, 0.05) is 48.6 Å². The summed E-state index contributed by atoms with van der Waals surface area (Å²) >= 11 is 1.65. The van der Waals surface area contributed by atoms with Gasteiger partial charge in [-0.3, -0.25) is 0 Å². The fourth-order valence-corrected chi connectivity index (χ4v) is 5.81. The van der Waals surface area contributed by atoms with Crippen molar-refractivity contribution in [2.45, 2.75) is 0 Å². The molecule has 6 heteroatoms. The Morgan fingerprint density at radius 3 is 1.92 bits per heavy atom. The number of aromatic nitrogens is 1. The highest BCUT2D eigenvalue weighted by molar-refractivity contribution is 7.19. The SMILES string of the molecule is COc1ccc(N2CCN(/C(=N\c3sc(-c4ccccc4)nc3-c3ccccc3)c3ccccc3)CC2)cc1. The average Bonchev–Trinajstić information content (AvgIpc) is 3.45. The first kappa shape index (κ1) is 24.9. The molecule has 0 N–H and O–H groups in total. The highest BCUT2D eigenvalue weighted by atomic mass is 32.1. The number of ether oxygens (including phenoxy) is 1. The van der Waals surface area contributed by atoms with Crippen molar-refractivity contribution in [3.05, 3.63) is 121 Å². The molecular formula is C33H30N4OS. The lowest BCUT2D eigenvalue weighted by Gasteiger charge is -2.37. The summed E-state index contributed by atoms with van der Waals surface area (Å²) in [5, 5.41) is 1.90. The number of nitrogens with zero attached hydrogens (tertiary/aromatic N) is 4. The largest absolute Gasteiger partial charge is 0.497 e. The van der Waals surface area contributed by atoms with Crippen LogP contribution in [0.1, 0.15) is 5.56 Å². The summed E-state index contributed by atoms with van der Waals surface area (Å²) in [5.41, 5.74) is 5.44. The second-order valence-corrected chi connectivity index (χ2v) is 10.4. The van der Waals surface area contributed by atoms with Gasteiger partial charge in [0.15, 0.2) is 0 Å². The Bertz CT molecular complexity index is 1530. The maximum absolute atomic E-state index is 5.36. The van der Waals surface area contributed by atoms with E-state index in [2.05, 4.69) is 101 Å². The third-order valence-corrected chi connectivity index (χ3v) is 7.93. The van der Waals surface area contributed by atoms with Crippen molar-refractivity contribution in [3.8, 4) is 27.6 Å². The lowest BCUT2D eigenvalue weighted by Crippen LogP contribution is -2.49.